The first-order valence-electron chi connectivity index (χ1n) is 9.63. The van der Waals surface area contributed by atoms with E-state index >= 15 is 0 Å². The van der Waals surface area contributed by atoms with Crippen LogP contribution in [-0.2, 0) is 4.79 Å². The van der Waals surface area contributed by atoms with E-state index in [0.717, 1.165) is 16.7 Å². The summed E-state index contributed by atoms with van der Waals surface area (Å²) in [5.74, 6) is -1.18. The lowest BCUT2D eigenvalue weighted by Crippen LogP contribution is -2.42. The predicted molar refractivity (Wildman–Crippen MR) is 112 cm³/mol. The number of hydrazone groups is 1. The van der Waals surface area contributed by atoms with Gasteiger partial charge in [-0.3, -0.25) is 9.59 Å². The van der Waals surface area contributed by atoms with E-state index in [9.17, 15) is 14.0 Å². The Morgan fingerprint density at radius 2 is 1.67 bits per heavy atom. The number of amides is 2. The zero-order chi connectivity index (χ0) is 21.1. The summed E-state index contributed by atoms with van der Waals surface area (Å²) in [6.45, 7) is 1.99. The summed E-state index contributed by atoms with van der Waals surface area (Å²) in [6, 6.07) is 21.4. The molecule has 1 saturated heterocycles. The first-order valence-corrected chi connectivity index (χ1v) is 9.63. The molecule has 2 N–H and O–H groups in total. The number of hydrogen-bond donors (Lipinski definition) is 2. The smallest absolute Gasteiger partial charge is 0.304 e. The van der Waals surface area contributed by atoms with Gasteiger partial charge in [-0.05, 0) is 43.3 Å². The minimum Gasteiger partial charge on any atom is -0.334 e. The van der Waals surface area contributed by atoms with Gasteiger partial charge in [0, 0.05) is 16.7 Å². The van der Waals surface area contributed by atoms with E-state index < -0.39 is 23.8 Å². The Hall–Kier alpha value is -3.80. The highest BCUT2D eigenvalue weighted by molar-refractivity contribution is 5.98. The Morgan fingerprint density at radius 3 is 2.33 bits per heavy atom. The highest BCUT2D eigenvalue weighted by Gasteiger charge is 2.47. The number of benzene rings is 3. The molecule has 150 valence electrons. The fourth-order valence-electron chi connectivity index (χ4n) is 3.47. The molecule has 0 aliphatic carbocycles. The Balaban J connectivity index is 1.69. The van der Waals surface area contributed by atoms with Crippen molar-refractivity contribution in [3.05, 3.63) is 107 Å². The van der Waals surface area contributed by atoms with Gasteiger partial charge in [-0.15, -0.1) is 10.1 Å². The monoisotopic (exact) mass is 402 g/mol. The molecule has 1 aliphatic rings. The lowest BCUT2D eigenvalue weighted by molar-refractivity contribution is -0.596. The summed E-state index contributed by atoms with van der Waals surface area (Å²) in [6.07, 6.45) is 1.84. The Morgan fingerprint density at radius 1 is 1.00 bits per heavy atom. The average molecular weight is 402 g/mol. The maximum Gasteiger partial charge on any atom is 0.304 e. The van der Waals surface area contributed by atoms with Crippen LogP contribution >= 0.6 is 0 Å². The minimum atomic E-state index is -0.815. The second-order valence-corrected chi connectivity index (χ2v) is 7.24. The molecule has 3 aromatic rings. The third-order valence-electron chi connectivity index (χ3n) is 5.04. The van der Waals surface area contributed by atoms with Crippen LogP contribution in [0.5, 0.6) is 0 Å². The second kappa shape index (κ2) is 8.29. The number of hydrazine groups is 1. The molecule has 1 heterocycles. The Kier molecular flexibility index (Phi) is 5.39. The molecule has 5 nitrogen and oxygen atoms in total. The van der Waals surface area contributed by atoms with Crippen molar-refractivity contribution in [2.24, 2.45) is 0 Å². The molecule has 6 heteroatoms. The van der Waals surface area contributed by atoms with E-state index in [1.54, 1.807) is 4.68 Å². The van der Waals surface area contributed by atoms with Gasteiger partial charge in [0.25, 0.3) is 5.91 Å². The number of aryl methyl sites for hydroxylation is 1. The quantitative estimate of drug-likeness (QED) is 0.659. The highest BCUT2D eigenvalue weighted by Crippen LogP contribution is 2.26. The molecule has 0 unspecified atom stereocenters. The lowest BCUT2D eigenvalue weighted by Gasteiger charge is -2.15. The van der Waals surface area contributed by atoms with Crippen LogP contribution in [0.2, 0.25) is 0 Å². The molecule has 4 rings (SSSR count). The van der Waals surface area contributed by atoms with Crippen molar-refractivity contribution in [2.45, 2.75) is 19.0 Å². The van der Waals surface area contributed by atoms with Gasteiger partial charge in [-0.1, -0.05) is 48.0 Å². The normalized spacial score (nSPS) is 19.5. The maximum atomic E-state index is 13.2. The predicted octanol–water partition coefficient (Wildman–Crippen LogP) is 3.15. The highest BCUT2D eigenvalue weighted by atomic mass is 19.1. The molecule has 2 atom stereocenters. The summed E-state index contributed by atoms with van der Waals surface area (Å²) in [5.41, 5.74) is 6.04. The van der Waals surface area contributed by atoms with Gasteiger partial charge in [0.05, 0.1) is 0 Å². The molecular weight excluding hydrogens is 381 g/mol. The molecule has 3 aromatic carbocycles. The van der Waals surface area contributed by atoms with Crippen LogP contribution in [0.25, 0.3) is 0 Å². The summed E-state index contributed by atoms with van der Waals surface area (Å²) in [5, 5.41) is 2.81. The van der Waals surface area contributed by atoms with Crippen LogP contribution in [0, 0.1) is 12.7 Å². The van der Waals surface area contributed by atoms with E-state index in [1.165, 1.54) is 24.3 Å². The van der Waals surface area contributed by atoms with Crippen LogP contribution in [0.4, 0.5) is 4.39 Å². The summed E-state index contributed by atoms with van der Waals surface area (Å²) < 4.78 is 14.9. The van der Waals surface area contributed by atoms with Crippen molar-refractivity contribution in [3.8, 4) is 0 Å². The Bertz CT molecular complexity index is 1090. The first-order chi connectivity index (χ1) is 14.5. The van der Waals surface area contributed by atoms with Gasteiger partial charge in [-0.2, -0.15) is 0 Å². The number of carbonyl (C=O) groups is 2. The summed E-state index contributed by atoms with van der Waals surface area (Å²) in [4.78, 5) is 25.5. The van der Waals surface area contributed by atoms with Gasteiger partial charge < -0.3 is 5.32 Å². The number of carbonyl (C=O) groups excluding carboxylic acids is 2. The fraction of sp³-hybridized carbons (Fsp3) is 0.125. The SMILES string of the molecule is Cc1ccc([C@H]2[C@H](NC(=O)c3ccc(F)cc3)C(=O)N/[N+]2=C\c2ccccc2)cc1. The molecule has 0 spiro atoms. The van der Waals surface area contributed by atoms with E-state index in [2.05, 4.69) is 10.7 Å². The zero-order valence-electron chi connectivity index (χ0n) is 16.4. The van der Waals surface area contributed by atoms with Crippen LogP contribution < -0.4 is 10.7 Å². The molecule has 0 aromatic heterocycles. The van der Waals surface area contributed by atoms with Crippen LogP contribution in [0.3, 0.4) is 0 Å². The van der Waals surface area contributed by atoms with Crippen molar-refractivity contribution >= 4 is 18.0 Å². The number of rotatable bonds is 4. The second-order valence-electron chi connectivity index (χ2n) is 7.24. The molecule has 0 bridgehead atoms. The molecular formula is C24H21FN3O2+. The van der Waals surface area contributed by atoms with Crippen LogP contribution in [0.1, 0.15) is 33.1 Å². The largest absolute Gasteiger partial charge is 0.334 e. The number of halogens is 1. The van der Waals surface area contributed by atoms with Crippen molar-refractivity contribution < 1.29 is 18.7 Å². The number of nitrogens with zero attached hydrogens (tertiary/aromatic N) is 1. The van der Waals surface area contributed by atoms with E-state index in [0.29, 0.717) is 0 Å². The van der Waals surface area contributed by atoms with Gasteiger partial charge in [-0.25, -0.2) is 4.39 Å². The lowest BCUT2D eigenvalue weighted by atomic mass is 9.98. The third kappa shape index (κ3) is 4.12. The fourth-order valence-corrected chi connectivity index (χ4v) is 3.47. The minimum absolute atomic E-state index is 0.289. The van der Waals surface area contributed by atoms with E-state index in [1.807, 2.05) is 67.7 Å². The van der Waals surface area contributed by atoms with Gasteiger partial charge >= 0.3 is 5.91 Å². The van der Waals surface area contributed by atoms with Crippen LogP contribution in [-0.4, -0.2) is 28.8 Å². The van der Waals surface area contributed by atoms with E-state index in [4.69, 9.17) is 0 Å². The van der Waals surface area contributed by atoms with Crippen molar-refractivity contribution in [3.63, 3.8) is 0 Å². The topological polar surface area (TPSA) is 61.2 Å². The van der Waals surface area contributed by atoms with Crippen LogP contribution in [0.15, 0.2) is 78.9 Å². The average Bonchev–Trinajstić information content (AvgIpc) is 3.04. The van der Waals surface area contributed by atoms with Crippen molar-refractivity contribution in [1.29, 1.82) is 0 Å². The first kappa shape index (κ1) is 19.5. The molecule has 0 saturated carbocycles. The molecule has 30 heavy (non-hydrogen) atoms. The molecule has 0 radical (unpaired) electrons. The number of hydrogen-bond acceptors (Lipinski definition) is 2. The Labute approximate surface area is 173 Å². The van der Waals surface area contributed by atoms with Crippen molar-refractivity contribution in [2.75, 3.05) is 0 Å². The third-order valence-corrected chi connectivity index (χ3v) is 5.04. The molecule has 1 fully saturated rings. The molecule has 2 amide bonds. The van der Waals surface area contributed by atoms with Crippen molar-refractivity contribution in [1.82, 2.24) is 10.7 Å². The van der Waals surface area contributed by atoms with Gasteiger partial charge in [0.2, 0.25) is 12.3 Å². The number of nitrogens with one attached hydrogen (secondary N) is 2. The maximum absolute atomic E-state index is 13.2. The summed E-state index contributed by atoms with van der Waals surface area (Å²) >= 11 is 0. The standard InChI is InChI=1S/C24H20FN3O2/c1-16-7-9-18(10-8-16)22-21(26-23(29)19-11-13-20(25)14-12-19)24(30)27-28(22)15-17-5-3-2-4-6-17/h2-15,21-22H,1H3,(H-,26,27,29,30)/p+1/b28-15-/t21-,22-/m0/s1. The van der Waals surface area contributed by atoms with Gasteiger partial charge in [0.15, 0.2) is 6.04 Å². The molecule has 1 aliphatic heterocycles. The zero-order valence-corrected chi connectivity index (χ0v) is 16.4. The summed E-state index contributed by atoms with van der Waals surface area (Å²) in [7, 11) is 0. The van der Waals surface area contributed by atoms with E-state index in [-0.39, 0.29) is 11.5 Å². The van der Waals surface area contributed by atoms with Gasteiger partial charge in [0.1, 0.15) is 5.82 Å².